The number of aliphatic imine (C=N–C) groups is 1. The normalized spacial score (nSPS) is 16.3. The van der Waals surface area contributed by atoms with Crippen molar-refractivity contribution in [2.45, 2.75) is 32.4 Å². The van der Waals surface area contributed by atoms with Gasteiger partial charge in [-0.15, -0.1) is 11.3 Å². The number of amides is 1. The molecular formula is C15H23BrN4O2S. The van der Waals surface area contributed by atoms with Gasteiger partial charge in [0.25, 0.3) is 0 Å². The molecule has 0 aliphatic carbocycles. The standard InChI is InChI=1S/C15H23BrN4O2S/c1-3-22-15(21)20-8-6-11(7-9-20)19-14(17-2)18-10-12-4-5-13(16)23-12/h4-5,11H,3,6-10H2,1-2H3,(H2,17,18,19). The number of hydrogen-bond acceptors (Lipinski definition) is 4. The molecular weight excluding hydrogens is 380 g/mol. The number of nitrogens with zero attached hydrogens (tertiary/aromatic N) is 2. The number of hydrogen-bond donors (Lipinski definition) is 2. The van der Waals surface area contributed by atoms with Crippen LogP contribution < -0.4 is 10.6 Å². The lowest BCUT2D eigenvalue weighted by molar-refractivity contribution is 0.0963. The highest BCUT2D eigenvalue weighted by molar-refractivity contribution is 9.11. The van der Waals surface area contributed by atoms with Gasteiger partial charge in [0.1, 0.15) is 0 Å². The molecule has 2 heterocycles. The van der Waals surface area contributed by atoms with Crippen molar-refractivity contribution in [1.29, 1.82) is 0 Å². The SMILES string of the molecule is CCOC(=O)N1CCC(NC(=NC)NCc2ccc(Br)s2)CC1. The molecule has 2 rings (SSSR count). The third-order valence-corrected chi connectivity index (χ3v) is 5.27. The Kier molecular flexibility index (Phi) is 7.16. The van der Waals surface area contributed by atoms with Crippen molar-refractivity contribution < 1.29 is 9.53 Å². The number of halogens is 1. The number of rotatable bonds is 4. The summed E-state index contributed by atoms with van der Waals surface area (Å²) in [6, 6.07) is 4.46. The number of likely N-dealkylation sites (tertiary alicyclic amines) is 1. The number of guanidine groups is 1. The van der Waals surface area contributed by atoms with Gasteiger partial charge >= 0.3 is 6.09 Å². The van der Waals surface area contributed by atoms with Gasteiger partial charge in [0.05, 0.1) is 16.9 Å². The van der Waals surface area contributed by atoms with Crippen LogP contribution in [0.3, 0.4) is 0 Å². The monoisotopic (exact) mass is 402 g/mol. The summed E-state index contributed by atoms with van der Waals surface area (Å²) in [4.78, 5) is 19.0. The van der Waals surface area contributed by atoms with Crippen molar-refractivity contribution in [3.8, 4) is 0 Å². The van der Waals surface area contributed by atoms with Crippen LogP contribution in [0.25, 0.3) is 0 Å². The second kappa shape index (κ2) is 9.12. The molecule has 0 bridgehead atoms. The van der Waals surface area contributed by atoms with E-state index in [9.17, 15) is 4.79 Å². The molecule has 0 unspecified atom stereocenters. The summed E-state index contributed by atoms with van der Waals surface area (Å²) in [7, 11) is 1.77. The molecule has 8 heteroatoms. The highest BCUT2D eigenvalue weighted by atomic mass is 79.9. The maximum Gasteiger partial charge on any atom is 0.409 e. The van der Waals surface area contributed by atoms with Gasteiger partial charge in [-0.25, -0.2) is 4.79 Å². The topological polar surface area (TPSA) is 66.0 Å². The number of thiophene rings is 1. The van der Waals surface area contributed by atoms with Crippen LogP contribution in [0, 0.1) is 0 Å². The highest BCUT2D eigenvalue weighted by Crippen LogP contribution is 2.21. The summed E-state index contributed by atoms with van der Waals surface area (Å²) in [6.07, 6.45) is 1.57. The zero-order chi connectivity index (χ0) is 16.7. The molecule has 1 amide bonds. The quantitative estimate of drug-likeness (QED) is 0.600. The first-order valence-corrected chi connectivity index (χ1v) is 9.36. The molecule has 1 saturated heterocycles. The molecule has 0 atom stereocenters. The van der Waals surface area contributed by atoms with Crippen molar-refractivity contribution in [2.75, 3.05) is 26.7 Å². The van der Waals surface area contributed by atoms with Gasteiger partial charge in [0, 0.05) is 31.1 Å². The summed E-state index contributed by atoms with van der Waals surface area (Å²) < 4.78 is 6.16. The number of carbonyl (C=O) groups is 1. The molecule has 0 spiro atoms. The predicted octanol–water partition coefficient (Wildman–Crippen LogP) is 2.80. The number of nitrogens with one attached hydrogen (secondary N) is 2. The van der Waals surface area contributed by atoms with Crippen LogP contribution in [0.1, 0.15) is 24.6 Å². The van der Waals surface area contributed by atoms with Gasteiger partial charge in [-0.05, 0) is 47.8 Å². The third-order valence-electron chi connectivity index (χ3n) is 3.64. The maximum atomic E-state index is 11.7. The summed E-state index contributed by atoms with van der Waals surface area (Å²) in [5.74, 6) is 0.795. The minimum atomic E-state index is -0.211. The molecule has 0 radical (unpaired) electrons. The molecule has 128 valence electrons. The Morgan fingerprint density at radius 2 is 2.22 bits per heavy atom. The molecule has 23 heavy (non-hydrogen) atoms. The number of ether oxygens (including phenoxy) is 1. The molecule has 1 aliphatic heterocycles. The fourth-order valence-electron chi connectivity index (χ4n) is 2.43. The van der Waals surface area contributed by atoms with E-state index >= 15 is 0 Å². The molecule has 6 nitrogen and oxygen atoms in total. The van der Waals surface area contributed by atoms with Crippen LogP contribution in [0.2, 0.25) is 0 Å². The van der Waals surface area contributed by atoms with E-state index in [-0.39, 0.29) is 6.09 Å². The van der Waals surface area contributed by atoms with Crippen molar-refractivity contribution in [1.82, 2.24) is 15.5 Å². The first-order valence-electron chi connectivity index (χ1n) is 7.75. The van der Waals surface area contributed by atoms with E-state index in [1.54, 1.807) is 23.3 Å². The smallest absolute Gasteiger partial charge is 0.409 e. The summed E-state index contributed by atoms with van der Waals surface area (Å²) >= 11 is 5.17. The Bertz CT molecular complexity index is 541. The molecule has 0 aromatic carbocycles. The zero-order valence-electron chi connectivity index (χ0n) is 13.5. The van der Waals surface area contributed by atoms with Gasteiger partial charge < -0.3 is 20.3 Å². The van der Waals surface area contributed by atoms with Crippen LogP contribution in [0.15, 0.2) is 20.9 Å². The minimum Gasteiger partial charge on any atom is -0.450 e. The first kappa shape index (κ1) is 18.1. The summed E-state index contributed by atoms with van der Waals surface area (Å²) in [5.41, 5.74) is 0. The van der Waals surface area contributed by atoms with E-state index in [0.29, 0.717) is 25.7 Å². The van der Waals surface area contributed by atoms with Gasteiger partial charge in [-0.1, -0.05) is 0 Å². The first-order chi connectivity index (χ1) is 11.1. The second-order valence-electron chi connectivity index (χ2n) is 5.24. The number of piperidine rings is 1. The zero-order valence-corrected chi connectivity index (χ0v) is 15.9. The Hall–Kier alpha value is -1.28. The summed E-state index contributed by atoms with van der Waals surface area (Å²) in [5, 5.41) is 6.75. The Morgan fingerprint density at radius 3 is 2.78 bits per heavy atom. The van der Waals surface area contributed by atoms with E-state index in [1.807, 2.05) is 13.0 Å². The highest BCUT2D eigenvalue weighted by Gasteiger charge is 2.23. The maximum absolute atomic E-state index is 11.7. The van der Waals surface area contributed by atoms with Crippen LogP contribution >= 0.6 is 27.3 Å². The molecule has 1 aromatic rings. The fraction of sp³-hybridized carbons (Fsp3) is 0.600. The molecule has 0 saturated carbocycles. The number of carbonyl (C=O) groups excluding carboxylic acids is 1. The van der Waals surface area contributed by atoms with E-state index in [0.717, 1.165) is 29.1 Å². The van der Waals surface area contributed by atoms with Crippen molar-refractivity contribution in [2.24, 2.45) is 4.99 Å². The molecule has 1 fully saturated rings. The molecule has 1 aliphatic rings. The molecule has 2 N–H and O–H groups in total. The van der Waals surface area contributed by atoms with E-state index < -0.39 is 0 Å². The van der Waals surface area contributed by atoms with E-state index in [2.05, 4.69) is 37.6 Å². The lowest BCUT2D eigenvalue weighted by Gasteiger charge is -2.32. The largest absolute Gasteiger partial charge is 0.450 e. The van der Waals surface area contributed by atoms with Crippen LogP contribution in [-0.2, 0) is 11.3 Å². The third kappa shape index (κ3) is 5.69. The fourth-order valence-corrected chi connectivity index (χ4v) is 3.85. The molecule has 1 aromatic heterocycles. The van der Waals surface area contributed by atoms with Gasteiger partial charge in [0.2, 0.25) is 0 Å². The van der Waals surface area contributed by atoms with Crippen LogP contribution in [0.5, 0.6) is 0 Å². The average Bonchev–Trinajstić information content (AvgIpc) is 2.97. The Labute approximate surface area is 149 Å². The van der Waals surface area contributed by atoms with Crippen LogP contribution in [-0.4, -0.2) is 49.7 Å². The van der Waals surface area contributed by atoms with Gasteiger partial charge in [-0.2, -0.15) is 0 Å². The minimum absolute atomic E-state index is 0.211. The van der Waals surface area contributed by atoms with Gasteiger partial charge in [0.15, 0.2) is 5.96 Å². The Balaban J connectivity index is 1.74. The lowest BCUT2D eigenvalue weighted by atomic mass is 10.1. The predicted molar refractivity (Wildman–Crippen MR) is 97.0 cm³/mol. The van der Waals surface area contributed by atoms with Crippen molar-refractivity contribution in [3.05, 3.63) is 20.8 Å². The van der Waals surface area contributed by atoms with Gasteiger partial charge in [-0.3, -0.25) is 4.99 Å². The van der Waals surface area contributed by atoms with Crippen molar-refractivity contribution >= 4 is 39.3 Å². The second-order valence-corrected chi connectivity index (χ2v) is 7.78. The Morgan fingerprint density at radius 1 is 1.48 bits per heavy atom. The lowest BCUT2D eigenvalue weighted by Crippen LogP contribution is -2.49. The van der Waals surface area contributed by atoms with Crippen molar-refractivity contribution in [3.63, 3.8) is 0 Å². The summed E-state index contributed by atoms with van der Waals surface area (Å²) in [6.45, 7) is 4.43. The average molecular weight is 403 g/mol. The van der Waals surface area contributed by atoms with Crippen LogP contribution in [0.4, 0.5) is 4.79 Å². The van der Waals surface area contributed by atoms with E-state index in [4.69, 9.17) is 4.74 Å². The van der Waals surface area contributed by atoms with E-state index in [1.165, 1.54) is 4.88 Å².